The maximum absolute atomic E-state index is 14.7. The van der Waals surface area contributed by atoms with Gasteiger partial charge in [-0.3, -0.25) is 4.79 Å². The van der Waals surface area contributed by atoms with Gasteiger partial charge in [0.25, 0.3) is 0 Å². The number of unbranched alkanes of at least 4 members (excludes halogenated alkanes) is 1. The largest absolute Gasteiger partial charge is 0.307 e. The van der Waals surface area contributed by atoms with E-state index in [0.717, 1.165) is 41.0 Å². The molecular formula is C22H23ClFNOS. The minimum absolute atomic E-state index is 0.0490. The molecule has 0 aliphatic carbocycles. The van der Waals surface area contributed by atoms with Crippen LogP contribution in [0.5, 0.6) is 0 Å². The van der Waals surface area contributed by atoms with Gasteiger partial charge < -0.3 is 4.90 Å². The second-order valence-corrected chi connectivity index (χ2v) is 8.28. The number of anilines is 1. The van der Waals surface area contributed by atoms with Gasteiger partial charge in [0.15, 0.2) is 0 Å². The lowest BCUT2D eigenvalue weighted by atomic mass is 10.0. The minimum atomic E-state index is -0.261. The summed E-state index contributed by atoms with van der Waals surface area (Å²) in [6.45, 7) is 6.61. The molecule has 142 valence electrons. The highest BCUT2D eigenvalue weighted by atomic mass is 35.5. The molecule has 0 fully saturated rings. The van der Waals surface area contributed by atoms with E-state index in [1.54, 1.807) is 17.0 Å². The second-order valence-electron chi connectivity index (χ2n) is 6.71. The van der Waals surface area contributed by atoms with Gasteiger partial charge in [-0.1, -0.05) is 43.7 Å². The molecule has 0 aromatic heterocycles. The van der Waals surface area contributed by atoms with Gasteiger partial charge in [0.2, 0.25) is 5.91 Å². The van der Waals surface area contributed by atoms with Crippen LogP contribution in [0.3, 0.4) is 0 Å². The van der Waals surface area contributed by atoms with Crippen LogP contribution in [0.15, 0.2) is 47.9 Å². The van der Waals surface area contributed by atoms with Gasteiger partial charge >= 0.3 is 0 Å². The second kappa shape index (κ2) is 8.94. The lowest BCUT2D eigenvalue weighted by Crippen LogP contribution is -2.30. The molecule has 0 atom stereocenters. The summed E-state index contributed by atoms with van der Waals surface area (Å²) in [5.74, 6) is 0.439. The molecule has 0 radical (unpaired) electrons. The molecule has 3 rings (SSSR count). The number of benzene rings is 2. The van der Waals surface area contributed by atoms with E-state index < -0.39 is 0 Å². The first-order chi connectivity index (χ1) is 13.0. The zero-order valence-electron chi connectivity index (χ0n) is 15.4. The summed E-state index contributed by atoms with van der Waals surface area (Å²) >= 11 is 7.50. The van der Waals surface area contributed by atoms with Crippen molar-refractivity contribution in [2.45, 2.75) is 44.0 Å². The van der Waals surface area contributed by atoms with Crippen LogP contribution in [0.1, 0.15) is 43.7 Å². The van der Waals surface area contributed by atoms with Crippen LogP contribution >= 0.6 is 23.4 Å². The monoisotopic (exact) mass is 403 g/mol. The molecule has 2 nitrogen and oxygen atoms in total. The Bertz CT molecular complexity index is 850. The van der Waals surface area contributed by atoms with Gasteiger partial charge in [0, 0.05) is 27.7 Å². The van der Waals surface area contributed by atoms with Crippen LogP contribution in [0.2, 0.25) is 5.02 Å². The summed E-state index contributed by atoms with van der Waals surface area (Å²) in [6.07, 6.45) is 3.19. The summed E-state index contributed by atoms with van der Waals surface area (Å²) in [5, 5.41) is 0.661. The molecule has 0 unspecified atom stereocenters. The SMILES string of the molecule is C=C(CCCC)c1cc2c(cc1F)SCCC(=O)N2Cc1ccc(Cl)cc1. The van der Waals surface area contributed by atoms with Gasteiger partial charge in [-0.2, -0.15) is 0 Å². The number of carbonyl (C=O) groups excluding carboxylic acids is 1. The van der Waals surface area contributed by atoms with Crippen molar-refractivity contribution in [2.75, 3.05) is 10.7 Å². The van der Waals surface area contributed by atoms with Crippen LogP contribution in [-0.2, 0) is 11.3 Å². The van der Waals surface area contributed by atoms with E-state index in [1.807, 2.05) is 24.3 Å². The number of nitrogens with zero attached hydrogens (tertiary/aromatic N) is 1. The minimum Gasteiger partial charge on any atom is -0.307 e. The number of rotatable bonds is 6. The number of halogens is 2. The van der Waals surface area contributed by atoms with Crippen LogP contribution in [-0.4, -0.2) is 11.7 Å². The number of hydrogen-bond acceptors (Lipinski definition) is 2. The number of thioether (sulfide) groups is 1. The van der Waals surface area contributed by atoms with Gasteiger partial charge in [0.05, 0.1) is 12.2 Å². The molecule has 2 aromatic carbocycles. The van der Waals surface area contributed by atoms with Crippen molar-refractivity contribution >= 4 is 40.5 Å². The average molecular weight is 404 g/mol. The first-order valence-electron chi connectivity index (χ1n) is 9.19. The van der Waals surface area contributed by atoms with E-state index in [4.69, 9.17) is 11.6 Å². The molecule has 0 bridgehead atoms. The van der Waals surface area contributed by atoms with Gasteiger partial charge in [0.1, 0.15) is 5.82 Å². The highest BCUT2D eigenvalue weighted by Gasteiger charge is 2.25. The number of fused-ring (bicyclic) bond motifs is 1. The van der Waals surface area contributed by atoms with Crippen LogP contribution in [0.4, 0.5) is 10.1 Å². The van der Waals surface area contributed by atoms with Crippen molar-refractivity contribution in [3.05, 3.63) is 64.9 Å². The molecular weight excluding hydrogens is 381 g/mol. The maximum Gasteiger partial charge on any atom is 0.228 e. The van der Waals surface area contributed by atoms with Crippen molar-refractivity contribution in [1.29, 1.82) is 0 Å². The number of carbonyl (C=O) groups is 1. The van der Waals surface area contributed by atoms with Crippen molar-refractivity contribution in [1.82, 2.24) is 0 Å². The molecule has 1 heterocycles. The van der Waals surface area contributed by atoms with E-state index >= 15 is 0 Å². The zero-order valence-corrected chi connectivity index (χ0v) is 17.0. The Hall–Kier alpha value is -1.78. The zero-order chi connectivity index (χ0) is 19.4. The number of hydrogen-bond donors (Lipinski definition) is 0. The molecule has 0 spiro atoms. The topological polar surface area (TPSA) is 20.3 Å². The summed E-state index contributed by atoms with van der Waals surface area (Å²) < 4.78 is 14.7. The van der Waals surface area contributed by atoms with Crippen molar-refractivity contribution < 1.29 is 9.18 Å². The smallest absolute Gasteiger partial charge is 0.228 e. The predicted octanol–water partition coefficient (Wildman–Crippen LogP) is 6.71. The van der Waals surface area contributed by atoms with E-state index in [1.165, 1.54) is 11.8 Å². The fourth-order valence-electron chi connectivity index (χ4n) is 3.13. The normalized spacial score (nSPS) is 14.0. The number of allylic oxidation sites excluding steroid dienone is 1. The molecule has 1 aliphatic rings. The molecule has 5 heteroatoms. The van der Waals surface area contributed by atoms with E-state index in [2.05, 4.69) is 13.5 Å². The average Bonchev–Trinajstić information content (AvgIpc) is 2.79. The molecule has 0 saturated heterocycles. The van der Waals surface area contributed by atoms with Crippen LogP contribution < -0.4 is 4.90 Å². The van der Waals surface area contributed by atoms with Crippen LogP contribution in [0.25, 0.3) is 5.57 Å². The highest BCUT2D eigenvalue weighted by molar-refractivity contribution is 7.99. The Kier molecular flexibility index (Phi) is 6.61. The first kappa shape index (κ1) is 20.0. The number of amides is 1. The van der Waals surface area contributed by atoms with Gasteiger partial charge in [-0.15, -0.1) is 11.8 Å². The van der Waals surface area contributed by atoms with E-state index in [0.29, 0.717) is 29.3 Å². The fraction of sp³-hybridized carbons (Fsp3) is 0.318. The third-order valence-corrected chi connectivity index (χ3v) is 5.98. The third kappa shape index (κ3) is 4.74. The molecule has 1 amide bonds. The lowest BCUT2D eigenvalue weighted by Gasteiger charge is -2.24. The molecule has 27 heavy (non-hydrogen) atoms. The Morgan fingerprint density at radius 3 is 2.74 bits per heavy atom. The quantitative estimate of drug-likeness (QED) is 0.534. The van der Waals surface area contributed by atoms with E-state index in [9.17, 15) is 9.18 Å². The lowest BCUT2D eigenvalue weighted by molar-refractivity contribution is -0.118. The van der Waals surface area contributed by atoms with Gasteiger partial charge in [-0.25, -0.2) is 4.39 Å². The summed E-state index contributed by atoms with van der Waals surface area (Å²) in [4.78, 5) is 15.3. The maximum atomic E-state index is 14.7. The van der Waals surface area contributed by atoms with Crippen molar-refractivity contribution in [2.24, 2.45) is 0 Å². The Morgan fingerprint density at radius 2 is 2.04 bits per heavy atom. The van der Waals surface area contributed by atoms with Crippen molar-refractivity contribution in [3.63, 3.8) is 0 Å². The Balaban J connectivity index is 1.98. The fourth-order valence-corrected chi connectivity index (χ4v) is 4.26. The predicted molar refractivity (Wildman–Crippen MR) is 113 cm³/mol. The summed E-state index contributed by atoms with van der Waals surface area (Å²) in [7, 11) is 0. The van der Waals surface area contributed by atoms with Crippen LogP contribution in [0, 0.1) is 5.82 Å². The molecule has 0 saturated carbocycles. The van der Waals surface area contributed by atoms with E-state index in [-0.39, 0.29) is 11.7 Å². The summed E-state index contributed by atoms with van der Waals surface area (Å²) in [6, 6.07) is 10.8. The first-order valence-corrected chi connectivity index (χ1v) is 10.5. The Morgan fingerprint density at radius 1 is 1.30 bits per heavy atom. The molecule has 0 N–H and O–H groups in total. The summed E-state index contributed by atoms with van der Waals surface area (Å²) in [5.41, 5.74) is 3.05. The Labute approximate surface area is 169 Å². The third-order valence-electron chi connectivity index (χ3n) is 4.68. The molecule has 1 aliphatic heterocycles. The highest BCUT2D eigenvalue weighted by Crippen LogP contribution is 2.39. The van der Waals surface area contributed by atoms with Gasteiger partial charge in [-0.05, 0) is 48.2 Å². The molecule has 2 aromatic rings. The van der Waals surface area contributed by atoms with Crippen molar-refractivity contribution in [3.8, 4) is 0 Å². The standard InChI is InChI=1S/C22H23ClFNOS/c1-3-4-5-15(2)18-12-20-21(13-19(18)24)27-11-10-22(26)25(20)14-16-6-8-17(23)9-7-16/h6-9,12-13H,2-5,10-11,14H2,1H3.